The maximum absolute atomic E-state index is 13.0. The molecule has 0 aromatic heterocycles. The summed E-state index contributed by atoms with van der Waals surface area (Å²) in [7, 11) is -3.65. The van der Waals surface area contributed by atoms with E-state index in [0.717, 1.165) is 12.1 Å². The number of hydrogen-bond donors (Lipinski definition) is 0. The molecule has 0 aliphatic carbocycles. The van der Waals surface area contributed by atoms with Crippen molar-refractivity contribution < 1.29 is 17.6 Å². The molecule has 1 aliphatic heterocycles. The molecule has 0 bridgehead atoms. The number of benzene rings is 1. The molecular weight excluding hydrogens is 319 g/mol. The molecule has 5 nitrogen and oxygen atoms in total. The molecule has 1 aromatic carbocycles. The Balaban J connectivity index is 2.07. The summed E-state index contributed by atoms with van der Waals surface area (Å²) in [6.45, 7) is 5.57. The molecule has 0 N–H and O–H groups in total. The van der Waals surface area contributed by atoms with E-state index in [1.807, 2.05) is 13.8 Å². The van der Waals surface area contributed by atoms with Crippen molar-refractivity contribution >= 4 is 15.9 Å². The molecule has 0 spiro atoms. The van der Waals surface area contributed by atoms with Crippen LogP contribution in [0.3, 0.4) is 0 Å². The highest BCUT2D eigenvalue weighted by molar-refractivity contribution is 7.89. The van der Waals surface area contributed by atoms with Crippen molar-refractivity contribution in [2.45, 2.75) is 31.6 Å². The van der Waals surface area contributed by atoms with Gasteiger partial charge in [-0.3, -0.25) is 4.79 Å². The van der Waals surface area contributed by atoms with Crippen molar-refractivity contribution in [1.82, 2.24) is 9.21 Å². The highest BCUT2D eigenvalue weighted by Gasteiger charge is 2.28. The third-order valence-electron chi connectivity index (χ3n) is 3.84. The fourth-order valence-corrected chi connectivity index (χ4v) is 4.09. The van der Waals surface area contributed by atoms with Gasteiger partial charge in [0.05, 0.1) is 4.90 Å². The molecule has 0 unspecified atom stereocenters. The second-order valence-electron chi connectivity index (χ2n) is 6.19. The van der Waals surface area contributed by atoms with Gasteiger partial charge in [-0.2, -0.15) is 4.31 Å². The Kier molecular flexibility index (Phi) is 5.75. The van der Waals surface area contributed by atoms with Crippen molar-refractivity contribution in [2.75, 3.05) is 26.2 Å². The molecule has 128 valence electrons. The number of amides is 1. The number of carbonyl (C=O) groups is 1. The van der Waals surface area contributed by atoms with Crippen LogP contribution in [0.15, 0.2) is 29.2 Å². The summed E-state index contributed by atoms with van der Waals surface area (Å²) in [6, 6.07) is 4.83. The minimum absolute atomic E-state index is 0.0704. The van der Waals surface area contributed by atoms with Crippen LogP contribution in [0.25, 0.3) is 0 Å². The molecule has 0 atom stereocenters. The van der Waals surface area contributed by atoms with Gasteiger partial charge in [0.15, 0.2) is 0 Å². The monoisotopic (exact) mass is 342 g/mol. The van der Waals surface area contributed by atoms with Crippen molar-refractivity contribution in [2.24, 2.45) is 5.92 Å². The van der Waals surface area contributed by atoms with Gasteiger partial charge in [0.1, 0.15) is 5.82 Å². The quantitative estimate of drug-likeness (QED) is 0.842. The number of nitrogens with zero attached hydrogens (tertiary/aromatic N) is 2. The van der Waals surface area contributed by atoms with Gasteiger partial charge in [-0.15, -0.1) is 0 Å². The number of hydrogen-bond acceptors (Lipinski definition) is 3. The molecule has 23 heavy (non-hydrogen) atoms. The number of sulfonamides is 1. The van der Waals surface area contributed by atoms with E-state index in [4.69, 9.17) is 0 Å². The van der Waals surface area contributed by atoms with Gasteiger partial charge in [0.2, 0.25) is 15.9 Å². The molecule has 0 saturated carbocycles. The van der Waals surface area contributed by atoms with Gasteiger partial charge in [0, 0.05) is 32.6 Å². The molecule has 1 saturated heterocycles. The molecule has 1 heterocycles. The highest BCUT2D eigenvalue weighted by atomic mass is 32.2. The van der Waals surface area contributed by atoms with Crippen LogP contribution in [0, 0.1) is 11.7 Å². The Bertz CT molecular complexity index is 644. The summed E-state index contributed by atoms with van der Waals surface area (Å²) in [6.07, 6.45) is 1.08. The third-order valence-corrected chi connectivity index (χ3v) is 5.75. The number of carbonyl (C=O) groups excluding carboxylic acids is 1. The fraction of sp³-hybridized carbons (Fsp3) is 0.562. The van der Waals surface area contributed by atoms with Crippen molar-refractivity contribution in [3.05, 3.63) is 30.1 Å². The van der Waals surface area contributed by atoms with Crippen LogP contribution in [0.5, 0.6) is 0 Å². The minimum Gasteiger partial charge on any atom is -0.341 e. The van der Waals surface area contributed by atoms with E-state index in [0.29, 0.717) is 32.5 Å². The standard InChI is InChI=1S/C16H23FN2O3S/c1-13(2)12-16(20)18-8-3-9-19(11-10-18)23(21,22)15-6-4-14(17)5-7-15/h4-7,13H,3,8-12H2,1-2H3. The minimum atomic E-state index is -3.65. The summed E-state index contributed by atoms with van der Waals surface area (Å²) < 4.78 is 39.6. The zero-order chi connectivity index (χ0) is 17.0. The topological polar surface area (TPSA) is 57.7 Å². The summed E-state index contributed by atoms with van der Waals surface area (Å²) in [5, 5.41) is 0. The molecule has 1 aromatic rings. The predicted octanol–water partition coefficient (Wildman–Crippen LogP) is 2.09. The van der Waals surface area contributed by atoms with E-state index in [1.54, 1.807) is 4.90 Å². The molecular formula is C16H23FN2O3S. The van der Waals surface area contributed by atoms with Gasteiger partial charge < -0.3 is 4.90 Å². The summed E-state index contributed by atoms with van der Waals surface area (Å²) >= 11 is 0. The van der Waals surface area contributed by atoms with Gasteiger partial charge in [-0.25, -0.2) is 12.8 Å². The zero-order valence-corrected chi connectivity index (χ0v) is 14.4. The average molecular weight is 342 g/mol. The van der Waals surface area contributed by atoms with E-state index in [9.17, 15) is 17.6 Å². The first-order chi connectivity index (χ1) is 10.8. The number of rotatable bonds is 4. The van der Waals surface area contributed by atoms with Crippen LogP contribution in [0.1, 0.15) is 26.7 Å². The van der Waals surface area contributed by atoms with E-state index in [1.165, 1.54) is 16.4 Å². The van der Waals surface area contributed by atoms with Crippen LogP contribution in [0.2, 0.25) is 0 Å². The molecule has 1 fully saturated rings. The van der Waals surface area contributed by atoms with E-state index in [-0.39, 0.29) is 23.3 Å². The highest BCUT2D eigenvalue weighted by Crippen LogP contribution is 2.18. The van der Waals surface area contributed by atoms with Crippen LogP contribution in [-0.2, 0) is 14.8 Å². The first kappa shape index (κ1) is 17.9. The molecule has 1 aliphatic rings. The first-order valence-corrected chi connectivity index (χ1v) is 9.28. The second kappa shape index (κ2) is 7.40. The Morgan fingerprint density at radius 2 is 1.78 bits per heavy atom. The van der Waals surface area contributed by atoms with Crippen LogP contribution >= 0.6 is 0 Å². The Morgan fingerprint density at radius 3 is 2.39 bits per heavy atom. The van der Waals surface area contributed by atoms with Gasteiger partial charge in [-0.1, -0.05) is 13.8 Å². The SMILES string of the molecule is CC(C)CC(=O)N1CCCN(S(=O)(=O)c2ccc(F)cc2)CC1. The predicted molar refractivity (Wildman–Crippen MR) is 85.8 cm³/mol. The number of halogens is 1. The average Bonchev–Trinajstić information content (AvgIpc) is 2.73. The van der Waals surface area contributed by atoms with Gasteiger partial charge >= 0.3 is 0 Å². The Hall–Kier alpha value is -1.47. The molecule has 1 amide bonds. The zero-order valence-electron chi connectivity index (χ0n) is 13.5. The van der Waals surface area contributed by atoms with E-state index >= 15 is 0 Å². The normalized spacial score (nSPS) is 17.3. The van der Waals surface area contributed by atoms with Crippen LogP contribution < -0.4 is 0 Å². The lowest BCUT2D eigenvalue weighted by Gasteiger charge is -2.22. The summed E-state index contributed by atoms with van der Waals surface area (Å²) in [4.78, 5) is 14.0. The lowest BCUT2D eigenvalue weighted by molar-refractivity contribution is -0.131. The molecule has 2 rings (SSSR count). The maximum atomic E-state index is 13.0. The first-order valence-electron chi connectivity index (χ1n) is 7.84. The molecule has 0 radical (unpaired) electrons. The van der Waals surface area contributed by atoms with E-state index < -0.39 is 15.8 Å². The van der Waals surface area contributed by atoms with Crippen LogP contribution in [0.4, 0.5) is 4.39 Å². The van der Waals surface area contributed by atoms with Gasteiger partial charge in [-0.05, 0) is 36.6 Å². The summed E-state index contributed by atoms with van der Waals surface area (Å²) in [5.74, 6) is -0.115. The molecule has 7 heteroatoms. The van der Waals surface area contributed by atoms with Crippen LogP contribution in [-0.4, -0.2) is 49.7 Å². The van der Waals surface area contributed by atoms with Crippen molar-refractivity contribution in [3.63, 3.8) is 0 Å². The maximum Gasteiger partial charge on any atom is 0.243 e. The smallest absolute Gasteiger partial charge is 0.243 e. The lowest BCUT2D eigenvalue weighted by atomic mass is 10.1. The lowest BCUT2D eigenvalue weighted by Crippen LogP contribution is -2.37. The van der Waals surface area contributed by atoms with Crippen molar-refractivity contribution in [1.29, 1.82) is 0 Å². The Morgan fingerprint density at radius 1 is 1.13 bits per heavy atom. The summed E-state index contributed by atoms with van der Waals surface area (Å²) in [5.41, 5.74) is 0. The van der Waals surface area contributed by atoms with E-state index in [2.05, 4.69) is 0 Å². The third kappa shape index (κ3) is 4.51. The van der Waals surface area contributed by atoms with Crippen molar-refractivity contribution in [3.8, 4) is 0 Å². The fourth-order valence-electron chi connectivity index (χ4n) is 2.62. The van der Waals surface area contributed by atoms with Gasteiger partial charge in [0.25, 0.3) is 0 Å². The largest absolute Gasteiger partial charge is 0.341 e. The Labute approximate surface area is 137 Å². The second-order valence-corrected chi connectivity index (χ2v) is 8.13.